The van der Waals surface area contributed by atoms with Gasteiger partial charge >= 0.3 is 5.88 Å². The van der Waals surface area contributed by atoms with Crippen molar-refractivity contribution in [3.05, 3.63) is 17.3 Å². The molecule has 0 bridgehead atoms. The van der Waals surface area contributed by atoms with Crippen LogP contribution in [0.1, 0.15) is 0 Å². The van der Waals surface area contributed by atoms with Crippen molar-refractivity contribution in [3.8, 4) is 0 Å². The second kappa shape index (κ2) is 2.67. The summed E-state index contributed by atoms with van der Waals surface area (Å²) >= 11 is 0. The zero-order valence-electron chi connectivity index (χ0n) is 5.03. The highest BCUT2D eigenvalue weighted by molar-refractivity contribution is 5.30. The quantitative estimate of drug-likeness (QED) is 0.448. The molecule has 0 amide bonds. The summed E-state index contributed by atoms with van der Waals surface area (Å²) in [5.41, 5.74) is 5.16. The second-order valence-electron chi connectivity index (χ2n) is 1.61. The third-order valence-electron chi connectivity index (χ3n) is 0.935. The molecule has 0 aliphatic rings. The second-order valence-corrected chi connectivity index (χ2v) is 1.61. The van der Waals surface area contributed by atoms with Gasteiger partial charge in [-0.15, -0.1) is 10.2 Å². The van der Waals surface area contributed by atoms with Crippen molar-refractivity contribution in [2.24, 2.45) is 5.90 Å². The minimum Gasteiger partial charge on any atom is -0.591 e. The summed E-state index contributed by atoms with van der Waals surface area (Å²) in [7, 11) is 0. The first-order valence-electron chi connectivity index (χ1n) is 2.50. The first-order chi connectivity index (χ1) is 4.74. The number of hydrogen-bond acceptors (Lipinski definition) is 5. The first kappa shape index (κ1) is 7.03. The molecule has 5 N–H and O–H groups in total. The SMILES string of the molecule is NO[NH+]([O-])c1ccc(N)o1. The van der Waals surface area contributed by atoms with Gasteiger partial charge in [-0.1, -0.05) is 0 Å². The van der Waals surface area contributed by atoms with Gasteiger partial charge in [0.1, 0.15) is 0 Å². The molecule has 0 saturated heterocycles. The number of nitrogens with one attached hydrogen (secondary N) is 1. The number of quaternary nitrogens is 1. The van der Waals surface area contributed by atoms with Gasteiger partial charge < -0.3 is 15.4 Å². The van der Waals surface area contributed by atoms with Crippen molar-refractivity contribution < 1.29 is 14.6 Å². The van der Waals surface area contributed by atoms with Crippen LogP contribution in [0.3, 0.4) is 0 Å². The van der Waals surface area contributed by atoms with E-state index < -0.39 is 5.23 Å². The van der Waals surface area contributed by atoms with E-state index in [-0.39, 0.29) is 11.8 Å². The van der Waals surface area contributed by atoms with Gasteiger partial charge in [0.15, 0.2) is 5.88 Å². The maximum absolute atomic E-state index is 10.5. The third kappa shape index (κ3) is 1.25. The Balaban J connectivity index is 2.74. The van der Waals surface area contributed by atoms with Crippen LogP contribution < -0.4 is 16.9 Å². The van der Waals surface area contributed by atoms with Gasteiger partial charge in [-0.2, -0.15) is 5.90 Å². The Hall–Kier alpha value is -1.08. The highest BCUT2D eigenvalue weighted by Gasteiger charge is 2.06. The maximum atomic E-state index is 10.5. The van der Waals surface area contributed by atoms with E-state index >= 15 is 0 Å². The lowest BCUT2D eigenvalue weighted by Gasteiger charge is -2.10. The van der Waals surface area contributed by atoms with Gasteiger partial charge in [-0.05, 0) is 0 Å². The fourth-order valence-corrected chi connectivity index (χ4v) is 0.521. The normalized spacial score (nSPS) is 13.4. The number of furan rings is 1. The van der Waals surface area contributed by atoms with Gasteiger partial charge in [0.05, 0.1) is 0 Å². The summed E-state index contributed by atoms with van der Waals surface area (Å²) in [5, 5.41) is 9.79. The van der Waals surface area contributed by atoms with Gasteiger partial charge in [-0.25, -0.2) is 0 Å². The molecule has 1 heterocycles. The molecule has 1 aromatic heterocycles. The molecule has 56 valence electrons. The number of nitrogen functional groups attached to an aromatic ring is 1. The fourth-order valence-electron chi connectivity index (χ4n) is 0.521. The predicted octanol–water partition coefficient (Wildman–Crippen LogP) is -1.32. The Morgan fingerprint density at radius 2 is 2.30 bits per heavy atom. The van der Waals surface area contributed by atoms with Crippen molar-refractivity contribution >= 4 is 11.8 Å². The third-order valence-corrected chi connectivity index (χ3v) is 0.935. The Kier molecular flexibility index (Phi) is 1.88. The Morgan fingerprint density at radius 3 is 2.70 bits per heavy atom. The average Bonchev–Trinajstić information content (AvgIpc) is 2.34. The molecule has 1 atom stereocenters. The standard InChI is InChI=1S/C4H7N3O3/c5-3-1-2-4(9-3)7(8)10-6/h1-2,7H,5-6H2. The summed E-state index contributed by atoms with van der Waals surface area (Å²) in [5.74, 6) is 4.72. The molecular formula is C4H7N3O3. The van der Waals surface area contributed by atoms with E-state index in [1.54, 1.807) is 0 Å². The minimum atomic E-state index is -0.739. The topological polar surface area (TPSA) is 102 Å². The van der Waals surface area contributed by atoms with Gasteiger partial charge in [0.25, 0.3) is 0 Å². The highest BCUT2D eigenvalue weighted by atomic mass is 17.0. The summed E-state index contributed by atoms with van der Waals surface area (Å²) in [6.07, 6.45) is 0. The van der Waals surface area contributed by atoms with E-state index in [1.165, 1.54) is 12.1 Å². The molecule has 0 spiro atoms. The lowest BCUT2D eigenvalue weighted by Crippen LogP contribution is -3.02. The molecular weight excluding hydrogens is 138 g/mol. The van der Waals surface area contributed by atoms with Crippen LogP contribution in [0.2, 0.25) is 0 Å². The van der Waals surface area contributed by atoms with Crippen LogP contribution in [0.15, 0.2) is 16.5 Å². The number of rotatable bonds is 2. The Morgan fingerprint density at radius 1 is 1.60 bits per heavy atom. The molecule has 0 aromatic carbocycles. The lowest BCUT2D eigenvalue weighted by atomic mass is 10.6. The van der Waals surface area contributed by atoms with Gasteiger partial charge in [0, 0.05) is 12.1 Å². The van der Waals surface area contributed by atoms with Crippen LogP contribution in [-0.2, 0) is 4.94 Å². The van der Waals surface area contributed by atoms with Crippen LogP contribution in [-0.4, -0.2) is 0 Å². The van der Waals surface area contributed by atoms with Crippen molar-refractivity contribution in [2.45, 2.75) is 0 Å². The van der Waals surface area contributed by atoms with E-state index in [9.17, 15) is 5.21 Å². The molecule has 0 fully saturated rings. The average molecular weight is 145 g/mol. The van der Waals surface area contributed by atoms with E-state index in [4.69, 9.17) is 5.73 Å². The number of nitrogens with two attached hydrogens (primary N) is 2. The van der Waals surface area contributed by atoms with Gasteiger partial charge in [-0.3, -0.25) is 0 Å². The van der Waals surface area contributed by atoms with E-state index in [2.05, 4.69) is 15.3 Å². The molecule has 10 heavy (non-hydrogen) atoms. The zero-order valence-corrected chi connectivity index (χ0v) is 5.03. The molecule has 0 saturated carbocycles. The van der Waals surface area contributed by atoms with Crippen LogP contribution in [0.5, 0.6) is 0 Å². The van der Waals surface area contributed by atoms with E-state index in [0.717, 1.165) is 0 Å². The zero-order chi connectivity index (χ0) is 7.56. The fraction of sp³-hybridized carbons (Fsp3) is 0. The van der Waals surface area contributed by atoms with E-state index in [1.807, 2.05) is 0 Å². The van der Waals surface area contributed by atoms with Crippen molar-refractivity contribution in [2.75, 3.05) is 5.73 Å². The largest absolute Gasteiger partial charge is 0.591 e. The van der Waals surface area contributed by atoms with Crippen LogP contribution in [0.25, 0.3) is 0 Å². The minimum absolute atomic E-state index is 0.000000000000000444. The summed E-state index contributed by atoms with van der Waals surface area (Å²) < 4.78 is 4.66. The molecule has 0 aliphatic carbocycles. The number of hydrogen-bond donors (Lipinski definition) is 3. The number of anilines is 1. The Labute approximate surface area is 56.4 Å². The van der Waals surface area contributed by atoms with Crippen molar-refractivity contribution in [3.63, 3.8) is 0 Å². The smallest absolute Gasteiger partial charge is 0.332 e. The van der Waals surface area contributed by atoms with Crippen molar-refractivity contribution in [1.82, 2.24) is 0 Å². The summed E-state index contributed by atoms with van der Waals surface area (Å²) in [6, 6.07) is 2.82. The molecule has 6 heteroatoms. The van der Waals surface area contributed by atoms with Crippen LogP contribution in [0, 0.1) is 5.21 Å². The first-order valence-corrected chi connectivity index (χ1v) is 2.50. The molecule has 0 aliphatic heterocycles. The van der Waals surface area contributed by atoms with Gasteiger partial charge in [0.2, 0.25) is 0 Å². The molecule has 1 unspecified atom stereocenters. The van der Waals surface area contributed by atoms with Crippen LogP contribution in [0.4, 0.5) is 11.8 Å². The maximum Gasteiger partial charge on any atom is 0.332 e. The summed E-state index contributed by atoms with van der Waals surface area (Å²) in [4.78, 5) is 3.86. The van der Waals surface area contributed by atoms with E-state index in [0.29, 0.717) is 0 Å². The Bertz CT molecular complexity index is 211. The molecule has 1 rings (SSSR count). The van der Waals surface area contributed by atoms with Crippen molar-refractivity contribution in [1.29, 1.82) is 0 Å². The highest BCUT2D eigenvalue weighted by Crippen LogP contribution is 2.09. The molecule has 0 radical (unpaired) electrons. The predicted molar refractivity (Wildman–Crippen MR) is 32.4 cm³/mol. The lowest BCUT2D eigenvalue weighted by molar-refractivity contribution is -1.01. The van der Waals surface area contributed by atoms with Crippen LogP contribution >= 0.6 is 0 Å². The monoisotopic (exact) mass is 145 g/mol. The molecule has 6 nitrogen and oxygen atoms in total. The summed E-state index contributed by atoms with van der Waals surface area (Å²) in [6.45, 7) is 0. The molecule has 1 aromatic rings.